The van der Waals surface area contributed by atoms with Gasteiger partial charge in [-0.1, -0.05) is 0 Å². The van der Waals surface area contributed by atoms with Gasteiger partial charge in [0.15, 0.2) is 0 Å². The van der Waals surface area contributed by atoms with Gasteiger partial charge in [-0.25, -0.2) is 4.98 Å². The average Bonchev–Trinajstić information content (AvgIpc) is 2.17. The summed E-state index contributed by atoms with van der Waals surface area (Å²) in [5, 5.41) is 0. The van der Waals surface area contributed by atoms with Crippen LogP contribution in [0.4, 0.5) is 0 Å². The quantitative estimate of drug-likeness (QED) is 0.814. The van der Waals surface area contributed by atoms with E-state index in [9.17, 15) is 9.59 Å². The molecule has 0 spiro atoms. The van der Waals surface area contributed by atoms with Crippen molar-refractivity contribution >= 4 is 5.91 Å². The highest BCUT2D eigenvalue weighted by molar-refractivity contribution is 5.92. The molecular formula is C11H17N3O2. The second-order valence-corrected chi connectivity index (χ2v) is 4.52. The molecule has 16 heavy (non-hydrogen) atoms. The van der Waals surface area contributed by atoms with Crippen LogP contribution < -0.4 is 5.56 Å². The molecule has 0 atom stereocenters. The summed E-state index contributed by atoms with van der Waals surface area (Å²) in [5.74, 6) is -0.175. The summed E-state index contributed by atoms with van der Waals surface area (Å²) in [6.45, 7) is 8.39. The van der Waals surface area contributed by atoms with Crippen molar-refractivity contribution < 1.29 is 4.79 Å². The van der Waals surface area contributed by atoms with E-state index in [0.717, 1.165) is 6.20 Å². The van der Waals surface area contributed by atoms with Gasteiger partial charge in [0.2, 0.25) is 0 Å². The Balaban J connectivity index is 3.01. The predicted octanol–water partition coefficient (Wildman–Crippen LogP) is 1.03. The van der Waals surface area contributed by atoms with Crippen molar-refractivity contribution in [2.45, 2.75) is 33.2 Å². The summed E-state index contributed by atoms with van der Waals surface area (Å²) in [4.78, 5) is 30.9. The van der Waals surface area contributed by atoms with Crippen LogP contribution in [0, 0.1) is 0 Å². The van der Waals surface area contributed by atoms with Crippen LogP contribution in [0.25, 0.3) is 0 Å². The molecule has 0 unspecified atom stereocenters. The zero-order valence-electron chi connectivity index (χ0n) is 10.1. The van der Waals surface area contributed by atoms with Gasteiger partial charge in [0.25, 0.3) is 11.5 Å². The van der Waals surface area contributed by atoms with Crippen LogP contribution in [-0.4, -0.2) is 32.9 Å². The lowest BCUT2D eigenvalue weighted by atomic mass is 10.1. The van der Waals surface area contributed by atoms with Crippen molar-refractivity contribution in [3.63, 3.8) is 0 Å². The van der Waals surface area contributed by atoms with Crippen molar-refractivity contribution in [3.05, 3.63) is 28.4 Å². The molecule has 1 heterocycles. The first-order valence-corrected chi connectivity index (χ1v) is 5.23. The molecule has 0 fully saturated rings. The van der Waals surface area contributed by atoms with Crippen LogP contribution in [0.1, 0.15) is 38.2 Å². The minimum Gasteiger partial charge on any atom is -0.333 e. The van der Waals surface area contributed by atoms with Gasteiger partial charge in [0.05, 0.1) is 6.20 Å². The summed E-state index contributed by atoms with van der Waals surface area (Å²) < 4.78 is 0. The largest absolute Gasteiger partial charge is 0.333 e. The van der Waals surface area contributed by atoms with Gasteiger partial charge in [-0.05, 0) is 27.7 Å². The van der Waals surface area contributed by atoms with Crippen LogP contribution in [0.15, 0.2) is 17.2 Å². The maximum atomic E-state index is 12.1. The molecule has 1 aromatic heterocycles. The van der Waals surface area contributed by atoms with E-state index in [4.69, 9.17) is 0 Å². The number of hydrogen-bond donors (Lipinski definition) is 1. The first-order chi connectivity index (χ1) is 7.36. The fourth-order valence-electron chi connectivity index (χ4n) is 1.52. The fourth-order valence-corrected chi connectivity index (χ4v) is 1.52. The first-order valence-electron chi connectivity index (χ1n) is 5.23. The monoisotopic (exact) mass is 223 g/mol. The summed E-state index contributed by atoms with van der Waals surface area (Å²) in [5.41, 5.74) is -0.310. The van der Waals surface area contributed by atoms with Gasteiger partial charge in [0, 0.05) is 18.3 Å². The third-order valence-corrected chi connectivity index (χ3v) is 2.26. The molecular weight excluding hydrogens is 206 g/mol. The summed E-state index contributed by atoms with van der Waals surface area (Å²) >= 11 is 0. The Bertz CT molecular complexity index is 411. The molecule has 0 aliphatic carbocycles. The van der Waals surface area contributed by atoms with Crippen molar-refractivity contribution in [1.82, 2.24) is 14.9 Å². The van der Waals surface area contributed by atoms with E-state index in [1.54, 1.807) is 4.90 Å². The van der Waals surface area contributed by atoms with E-state index < -0.39 is 0 Å². The van der Waals surface area contributed by atoms with E-state index in [-0.39, 0.29) is 22.7 Å². The molecule has 5 nitrogen and oxygen atoms in total. The number of hydrogen-bond acceptors (Lipinski definition) is 3. The number of nitrogens with one attached hydrogen (secondary N) is 1. The zero-order chi connectivity index (χ0) is 12.3. The lowest BCUT2D eigenvalue weighted by Crippen LogP contribution is -2.45. The van der Waals surface area contributed by atoms with Crippen molar-refractivity contribution in [2.75, 3.05) is 6.54 Å². The third-order valence-electron chi connectivity index (χ3n) is 2.26. The van der Waals surface area contributed by atoms with Crippen molar-refractivity contribution in [1.29, 1.82) is 0 Å². The summed E-state index contributed by atoms with van der Waals surface area (Å²) in [6.07, 6.45) is 2.46. The third kappa shape index (κ3) is 2.68. The van der Waals surface area contributed by atoms with E-state index in [0.29, 0.717) is 6.54 Å². The average molecular weight is 223 g/mol. The van der Waals surface area contributed by atoms with E-state index in [2.05, 4.69) is 9.97 Å². The van der Waals surface area contributed by atoms with Gasteiger partial charge >= 0.3 is 0 Å². The Morgan fingerprint density at radius 1 is 1.50 bits per heavy atom. The smallest absolute Gasteiger partial charge is 0.274 e. The lowest BCUT2D eigenvalue weighted by molar-refractivity contribution is 0.0592. The Morgan fingerprint density at radius 3 is 2.50 bits per heavy atom. The van der Waals surface area contributed by atoms with E-state index in [1.807, 2.05) is 27.7 Å². The molecule has 0 radical (unpaired) electrons. The molecule has 1 rings (SSSR count). The number of carbonyl (C=O) groups is 1. The van der Waals surface area contributed by atoms with Gasteiger partial charge in [-0.15, -0.1) is 0 Å². The number of amides is 1. The van der Waals surface area contributed by atoms with E-state index >= 15 is 0 Å². The number of aromatic amines is 1. The Morgan fingerprint density at radius 2 is 2.12 bits per heavy atom. The van der Waals surface area contributed by atoms with Crippen molar-refractivity contribution in [3.8, 4) is 0 Å². The van der Waals surface area contributed by atoms with Gasteiger partial charge in [-0.2, -0.15) is 0 Å². The van der Waals surface area contributed by atoms with Crippen LogP contribution >= 0.6 is 0 Å². The van der Waals surface area contributed by atoms with Crippen LogP contribution in [-0.2, 0) is 0 Å². The SMILES string of the molecule is CCN(C(=O)c1c[nH]c(=O)cn1)C(C)(C)C. The highest BCUT2D eigenvalue weighted by Crippen LogP contribution is 2.15. The van der Waals surface area contributed by atoms with Crippen molar-refractivity contribution in [2.24, 2.45) is 0 Å². The zero-order valence-corrected chi connectivity index (χ0v) is 10.1. The standard InChI is InChI=1S/C11H17N3O2/c1-5-14(11(2,3)4)10(16)8-6-13-9(15)7-12-8/h6-7H,5H2,1-4H3,(H,13,15). The molecule has 0 aliphatic heterocycles. The number of H-pyrrole nitrogens is 1. The van der Waals surface area contributed by atoms with Gasteiger partial charge in [0.1, 0.15) is 5.69 Å². The minimum absolute atomic E-state index is 0.175. The molecule has 88 valence electrons. The number of carbonyl (C=O) groups excluding carboxylic acids is 1. The topological polar surface area (TPSA) is 66.1 Å². The number of aromatic nitrogens is 2. The maximum absolute atomic E-state index is 12.1. The normalized spacial score (nSPS) is 11.2. The summed E-state index contributed by atoms with van der Waals surface area (Å²) in [6, 6.07) is 0. The second kappa shape index (κ2) is 4.47. The molecule has 0 saturated heterocycles. The van der Waals surface area contributed by atoms with Crippen LogP contribution in [0.3, 0.4) is 0 Å². The van der Waals surface area contributed by atoms with Crippen LogP contribution in [0.5, 0.6) is 0 Å². The molecule has 0 aliphatic rings. The Hall–Kier alpha value is -1.65. The molecule has 1 aromatic rings. The number of rotatable bonds is 2. The van der Waals surface area contributed by atoms with Gasteiger partial charge < -0.3 is 9.88 Å². The molecule has 0 bridgehead atoms. The Kier molecular flexibility index (Phi) is 3.47. The minimum atomic E-state index is -0.310. The highest BCUT2D eigenvalue weighted by atomic mass is 16.2. The Labute approximate surface area is 94.5 Å². The lowest BCUT2D eigenvalue weighted by Gasteiger charge is -2.34. The molecule has 0 saturated carbocycles. The maximum Gasteiger partial charge on any atom is 0.274 e. The fraction of sp³-hybridized carbons (Fsp3) is 0.545. The first kappa shape index (κ1) is 12.4. The molecule has 1 N–H and O–H groups in total. The molecule has 1 amide bonds. The molecule has 0 aromatic carbocycles. The highest BCUT2D eigenvalue weighted by Gasteiger charge is 2.26. The molecule has 5 heteroatoms. The summed E-state index contributed by atoms with van der Waals surface area (Å²) in [7, 11) is 0. The number of nitrogens with zero attached hydrogens (tertiary/aromatic N) is 2. The van der Waals surface area contributed by atoms with Gasteiger partial charge in [-0.3, -0.25) is 9.59 Å². The second-order valence-electron chi connectivity index (χ2n) is 4.52. The van der Waals surface area contributed by atoms with E-state index in [1.165, 1.54) is 6.20 Å². The predicted molar refractivity (Wildman–Crippen MR) is 61.3 cm³/mol. The van der Waals surface area contributed by atoms with Crippen LogP contribution in [0.2, 0.25) is 0 Å².